The molecule has 1 fully saturated rings. The highest BCUT2D eigenvalue weighted by atomic mass is 35.5. The third-order valence-corrected chi connectivity index (χ3v) is 6.56. The van der Waals surface area contributed by atoms with E-state index in [1.165, 1.54) is 6.08 Å². The Labute approximate surface area is 216 Å². The van der Waals surface area contributed by atoms with Gasteiger partial charge in [-0.3, -0.25) is 5.10 Å². The summed E-state index contributed by atoms with van der Waals surface area (Å²) in [5.74, 6) is -1.62. The van der Waals surface area contributed by atoms with Crippen LogP contribution in [0.15, 0.2) is 60.7 Å². The van der Waals surface area contributed by atoms with Crippen molar-refractivity contribution in [2.24, 2.45) is 5.92 Å². The summed E-state index contributed by atoms with van der Waals surface area (Å²) in [6.45, 7) is 0. The zero-order chi connectivity index (χ0) is 26.1. The smallest absolute Gasteiger partial charge is 0.328 e. The summed E-state index contributed by atoms with van der Waals surface area (Å²) in [7, 11) is 0. The highest BCUT2D eigenvalue weighted by molar-refractivity contribution is 6.30. The number of aromatic nitrogens is 2. The summed E-state index contributed by atoms with van der Waals surface area (Å²) in [6, 6.07) is 20.2. The number of nitriles is 2. The molecule has 5 rings (SSSR count). The van der Waals surface area contributed by atoms with Gasteiger partial charge >= 0.3 is 5.97 Å². The topological polar surface area (TPSA) is 114 Å². The molecule has 1 heterocycles. The first kappa shape index (κ1) is 24.0. The van der Waals surface area contributed by atoms with Gasteiger partial charge in [0.15, 0.2) is 0 Å². The number of H-pyrrole nitrogens is 1. The van der Waals surface area contributed by atoms with E-state index in [2.05, 4.69) is 22.3 Å². The Morgan fingerprint density at radius 3 is 2.46 bits per heavy atom. The number of allylic oxidation sites excluding steroid dienone is 1. The molecule has 37 heavy (non-hydrogen) atoms. The largest absolute Gasteiger partial charge is 0.478 e. The molecule has 1 aromatic heterocycles. The zero-order valence-electron chi connectivity index (χ0n) is 19.3. The van der Waals surface area contributed by atoms with Crippen molar-refractivity contribution < 1.29 is 14.3 Å². The lowest BCUT2D eigenvalue weighted by Crippen LogP contribution is -2.02. The molecule has 4 aromatic rings. The van der Waals surface area contributed by atoms with Crippen molar-refractivity contribution in [3.63, 3.8) is 0 Å². The highest BCUT2D eigenvalue weighted by Crippen LogP contribution is 2.49. The molecule has 3 aromatic carbocycles. The molecular weight excluding hydrogens is 491 g/mol. The van der Waals surface area contributed by atoms with Crippen LogP contribution in [-0.4, -0.2) is 21.3 Å². The fourth-order valence-electron chi connectivity index (χ4n) is 4.56. The SMILES string of the molecule is N#Cc1cc(Cl)ccc1/C(=C(\c1ccc(/C=C/C(=O)O)cc1)c1ccc2n[nH]c(F)c2c1C#N)C1CC1. The molecule has 0 atom stereocenters. The van der Waals surface area contributed by atoms with Crippen molar-refractivity contribution >= 4 is 45.7 Å². The van der Waals surface area contributed by atoms with Gasteiger partial charge in [0.2, 0.25) is 5.95 Å². The van der Waals surface area contributed by atoms with Crippen LogP contribution in [-0.2, 0) is 4.79 Å². The molecule has 0 aliphatic heterocycles. The fourth-order valence-corrected chi connectivity index (χ4v) is 4.73. The number of aliphatic carboxylic acids is 1. The van der Waals surface area contributed by atoms with E-state index in [0.717, 1.165) is 30.1 Å². The maximum absolute atomic E-state index is 14.7. The molecule has 1 aliphatic carbocycles. The molecule has 0 spiro atoms. The summed E-state index contributed by atoms with van der Waals surface area (Å²) < 4.78 is 14.7. The van der Waals surface area contributed by atoms with Gasteiger partial charge in [-0.25, -0.2) is 4.79 Å². The molecule has 180 valence electrons. The van der Waals surface area contributed by atoms with Crippen LogP contribution in [0.4, 0.5) is 4.39 Å². The third-order valence-electron chi connectivity index (χ3n) is 6.32. The minimum atomic E-state index is -1.05. The second-order valence-electron chi connectivity index (χ2n) is 8.69. The number of nitrogens with zero attached hydrogens (tertiary/aromatic N) is 3. The van der Waals surface area contributed by atoms with Crippen LogP contribution < -0.4 is 0 Å². The Morgan fingerprint density at radius 1 is 1.08 bits per heavy atom. The van der Waals surface area contributed by atoms with E-state index >= 15 is 0 Å². The predicted octanol–water partition coefficient (Wildman–Crippen LogP) is 6.57. The number of benzene rings is 3. The van der Waals surface area contributed by atoms with Crippen molar-refractivity contribution in [3.8, 4) is 12.1 Å². The fraction of sp³-hybridized carbons (Fsp3) is 0.103. The van der Waals surface area contributed by atoms with Gasteiger partial charge in [0, 0.05) is 16.7 Å². The van der Waals surface area contributed by atoms with Crippen LogP contribution in [0.25, 0.3) is 28.1 Å². The van der Waals surface area contributed by atoms with Gasteiger partial charge < -0.3 is 5.11 Å². The van der Waals surface area contributed by atoms with Crippen LogP contribution in [0, 0.1) is 34.5 Å². The lowest BCUT2D eigenvalue weighted by atomic mass is 9.83. The first-order valence-corrected chi connectivity index (χ1v) is 11.8. The van der Waals surface area contributed by atoms with E-state index in [4.69, 9.17) is 16.7 Å². The number of hydrogen-bond acceptors (Lipinski definition) is 4. The second-order valence-corrected chi connectivity index (χ2v) is 9.13. The molecule has 0 unspecified atom stereocenters. The first-order valence-electron chi connectivity index (χ1n) is 11.4. The van der Waals surface area contributed by atoms with Crippen molar-refractivity contribution in [2.45, 2.75) is 12.8 Å². The van der Waals surface area contributed by atoms with E-state index in [-0.39, 0.29) is 16.9 Å². The van der Waals surface area contributed by atoms with Crippen LogP contribution in [0.5, 0.6) is 0 Å². The molecule has 2 N–H and O–H groups in total. The van der Waals surface area contributed by atoms with Crippen LogP contribution in [0.3, 0.4) is 0 Å². The summed E-state index contributed by atoms with van der Waals surface area (Å²) in [6.07, 6.45) is 4.33. The van der Waals surface area contributed by atoms with Gasteiger partial charge in [0.25, 0.3) is 0 Å². The van der Waals surface area contributed by atoms with Crippen LogP contribution >= 0.6 is 11.6 Å². The number of carboxylic acids is 1. The number of fused-ring (bicyclic) bond motifs is 1. The monoisotopic (exact) mass is 508 g/mol. The molecule has 8 heteroatoms. The van der Waals surface area contributed by atoms with Crippen molar-refractivity contribution in [1.82, 2.24) is 10.2 Å². The number of rotatable bonds is 6. The van der Waals surface area contributed by atoms with Crippen molar-refractivity contribution in [1.29, 1.82) is 10.5 Å². The number of carbonyl (C=O) groups is 1. The molecule has 1 saturated carbocycles. The minimum Gasteiger partial charge on any atom is -0.478 e. The maximum Gasteiger partial charge on any atom is 0.328 e. The van der Waals surface area contributed by atoms with Gasteiger partial charge in [-0.1, -0.05) is 48.0 Å². The van der Waals surface area contributed by atoms with Gasteiger partial charge in [-0.05, 0) is 70.9 Å². The predicted molar refractivity (Wildman–Crippen MR) is 139 cm³/mol. The van der Waals surface area contributed by atoms with Crippen molar-refractivity contribution in [2.75, 3.05) is 0 Å². The lowest BCUT2D eigenvalue weighted by Gasteiger charge is -2.19. The minimum absolute atomic E-state index is 0.102. The zero-order valence-corrected chi connectivity index (χ0v) is 20.1. The van der Waals surface area contributed by atoms with Crippen LogP contribution in [0.2, 0.25) is 5.02 Å². The molecule has 6 nitrogen and oxygen atoms in total. The van der Waals surface area contributed by atoms with E-state index in [1.54, 1.807) is 36.4 Å². The molecule has 1 aliphatic rings. The van der Waals surface area contributed by atoms with Gasteiger partial charge in [0.05, 0.1) is 28.1 Å². The first-order chi connectivity index (χ1) is 17.9. The van der Waals surface area contributed by atoms with E-state index in [0.29, 0.717) is 38.4 Å². The Kier molecular flexibility index (Phi) is 6.31. The summed E-state index contributed by atoms with van der Waals surface area (Å²) in [4.78, 5) is 10.9. The molecule has 0 radical (unpaired) electrons. The average molecular weight is 509 g/mol. The van der Waals surface area contributed by atoms with Gasteiger partial charge in [-0.2, -0.15) is 20.0 Å². The van der Waals surface area contributed by atoms with Crippen molar-refractivity contribution in [3.05, 3.63) is 105 Å². The Morgan fingerprint density at radius 2 is 1.81 bits per heavy atom. The van der Waals surface area contributed by atoms with Gasteiger partial charge in [-0.15, -0.1) is 0 Å². The number of nitrogens with one attached hydrogen (secondary N) is 1. The summed E-state index contributed by atoms with van der Waals surface area (Å²) in [5, 5.41) is 35.8. The molecule has 0 amide bonds. The lowest BCUT2D eigenvalue weighted by molar-refractivity contribution is -0.131. The number of aromatic amines is 1. The van der Waals surface area contributed by atoms with E-state index < -0.39 is 11.9 Å². The highest BCUT2D eigenvalue weighted by Gasteiger charge is 2.33. The number of halogens is 2. The third kappa shape index (κ3) is 4.61. The molecule has 0 bridgehead atoms. The maximum atomic E-state index is 14.7. The average Bonchev–Trinajstić information content (AvgIpc) is 3.67. The van der Waals surface area contributed by atoms with Gasteiger partial charge in [0.1, 0.15) is 6.07 Å². The summed E-state index contributed by atoms with van der Waals surface area (Å²) >= 11 is 6.19. The standard InChI is InChI=1S/C29H18ClFN4O2/c30-20-8-9-21(19(13-20)14-32)26(18-6-7-18)27(17-4-1-16(2-5-17)3-12-25(36)37)22-10-11-24-28(23(22)15-33)29(31)35-34-24/h1-5,8-13,18H,6-7H2,(H,34,35)(H,36,37)/b12-3+,27-26+. The quantitative estimate of drug-likeness (QED) is 0.226. The van der Waals surface area contributed by atoms with E-state index in [1.807, 2.05) is 18.2 Å². The normalized spacial score (nSPS) is 13.8. The van der Waals surface area contributed by atoms with E-state index in [9.17, 15) is 19.7 Å². The Balaban J connectivity index is 1.85. The number of carboxylic acid groups (broad SMARTS) is 1. The van der Waals surface area contributed by atoms with Crippen LogP contribution in [0.1, 0.15) is 46.2 Å². The molecular formula is C29H18ClFN4O2. The summed E-state index contributed by atoms with van der Waals surface area (Å²) in [5.41, 5.74) is 5.11. The Bertz CT molecular complexity index is 1700. The Hall–Kier alpha value is -4.72. The number of hydrogen-bond donors (Lipinski definition) is 2. The molecule has 0 saturated heterocycles. The second kappa shape index (κ2) is 9.73.